The first-order valence-electron chi connectivity index (χ1n) is 5.91. The van der Waals surface area contributed by atoms with Crippen LogP contribution in [0.4, 0.5) is 0 Å². The Bertz CT molecular complexity index is 392. The molecule has 0 saturated heterocycles. The van der Waals surface area contributed by atoms with Gasteiger partial charge in [0, 0.05) is 0 Å². The van der Waals surface area contributed by atoms with E-state index in [9.17, 15) is 4.79 Å². The number of Topliss-reactive ketones (excluding diaryl/α,β-unsaturated/α-hetero) is 1. The maximum absolute atomic E-state index is 11.4. The molecule has 0 aliphatic heterocycles. The van der Waals surface area contributed by atoms with Gasteiger partial charge in [-0.1, -0.05) is 24.5 Å². The minimum Gasteiger partial charge on any atom is -0.493 e. The molecule has 0 amide bonds. The summed E-state index contributed by atoms with van der Waals surface area (Å²) in [5.41, 5.74) is 1.80. The monoisotopic (exact) mass is 218 g/mol. The fourth-order valence-corrected chi connectivity index (χ4v) is 1.79. The van der Waals surface area contributed by atoms with E-state index in [1.54, 1.807) is 6.92 Å². The maximum atomic E-state index is 11.4. The molecule has 0 unspecified atom stereocenters. The predicted octanol–water partition coefficient (Wildman–Crippen LogP) is 3.38. The van der Waals surface area contributed by atoms with Crippen molar-refractivity contribution < 1.29 is 9.53 Å². The zero-order valence-electron chi connectivity index (χ0n) is 9.95. The van der Waals surface area contributed by atoms with E-state index < -0.39 is 0 Å². The summed E-state index contributed by atoms with van der Waals surface area (Å²) in [4.78, 5) is 11.4. The van der Waals surface area contributed by atoms with Crippen molar-refractivity contribution in [1.29, 1.82) is 0 Å². The molecule has 0 atom stereocenters. The second-order valence-electron chi connectivity index (χ2n) is 4.64. The van der Waals surface area contributed by atoms with Crippen LogP contribution in [0.2, 0.25) is 0 Å². The number of hydrogen-bond acceptors (Lipinski definition) is 2. The van der Waals surface area contributed by atoms with Gasteiger partial charge in [0.15, 0.2) is 5.78 Å². The summed E-state index contributed by atoms with van der Waals surface area (Å²) < 4.78 is 5.68. The van der Waals surface area contributed by atoms with Crippen molar-refractivity contribution in [1.82, 2.24) is 0 Å². The van der Waals surface area contributed by atoms with E-state index in [2.05, 4.69) is 0 Å². The summed E-state index contributed by atoms with van der Waals surface area (Å²) in [7, 11) is 0. The molecule has 0 N–H and O–H groups in total. The number of hydrogen-bond donors (Lipinski definition) is 0. The van der Waals surface area contributed by atoms with Crippen molar-refractivity contribution in [2.24, 2.45) is 5.92 Å². The molecule has 1 saturated carbocycles. The fraction of sp³-hybridized carbons (Fsp3) is 0.500. The predicted molar refractivity (Wildman–Crippen MR) is 64.0 cm³/mol. The molecule has 0 aromatic heterocycles. The number of benzene rings is 1. The largest absolute Gasteiger partial charge is 0.493 e. The smallest absolute Gasteiger partial charge is 0.163 e. The summed E-state index contributed by atoms with van der Waals surface area (Å²) >= 11 is 0. The summed E-state index contributed by atoms with van der Waals surface area (Å²) in [6.07, 6.45) is 3.80. The SMILES string of the molecule is CC(=O)c1cc(C)ccc1OCCC1CC1. The van der Waals surface area contributed by atoms with Crippen molar-refractivity contribution in [3.63, 3.8) is 0 Å². The molecular weight excluding hydrogens is 200 g/mol. The van der Waals surface area contributed by atoms with E-state index in [1.807, 2.05) is 25.1 Å². The molecule has 2 nitrogen and oxygen atoms in total. The molecule has 1 aromatic rings. The lowest BCUT2D eigenvalue weighted by atomic mass is 10.1. The van der Waals surface area contributed by atoms with Gasteiger partial charge in [0.25, 0.3) is 0 Å². The first kappa shape index (κ1) is 11.2. The van der Waals surface area contributed by atoms with Crippen LogP contribution in [0.5, 0.6) is 5.75 Å². The van der Waals surface area contributed by atoms with Gasteiger partial charge in [-0.25, -0.2) is 0 Å². The molecule has 0 heterocycles. The normalized spacial score (nSPS) is 14.9. The van der Waals surface area contributed by atoms with Gasteiger partial charge >= 0.3 is 0 Å². The highest BCUT2D eigenvalue weighted by molar-refractivity contribution is 5.97. The lowest BCUT2D eigenvalue weighted by Crippen LogP contribution is -2.03. The average molecular weight is 218 g/mol. The van der Waals surface area contributed by atoms with Gasteiger partial charge in [-0.2, -0.15) is 0 Å². The van der Waals surface area contributed by atoms with Crippen LogP contribution in [0.25, 0.3) is 0 Å². The molecular formula is C14H18O2. The highest BCUT2D eigenvalue weighted by atomic mass is 16.5. The number of carbonyl (C=O) groups excluding carboxylic acids is 1. The molecule has 1 fully saturated rings. The van der Waals surface area contributed by atoms with E-state index in [1.165, 1.54) is 12.8 Å². The summed E-state index contributed by atoms with van der Waals surface area (Å²) in [5, 5.41) is 0. The molecule has 2 rings (SSSR count). The average Bonchev–Trinajstić information content (AvgIpc) is 3.04. The Labute approximate surface area is 96.6 Å². The molecule has 0 spiro atoms. The molecule has 0 radical (unpaired) electrons. The lowest BCUT2D eigenvalue weighted by molar-refractivity contribution is 0.101. The quantitative estimate of drug-likeness (QED) is 0.708. The van der Waals surface area contributed by atoms with Gasteiger partial charge < -0.3 is 4.74 Å². The Kier molecular flexibility index (Phi) is 3.28. The van der Waals surface area contributed by atoms with Crippen molar-refractivity contribution in [3.8, 4) is 5.75 Å². The van der Waals surface area contributed by atoms with Gasteiger partial charge in [0.2, 0.25) is 0 Å². The fourth-order valence-electron chi connectivity index (χ4n) is 1.79. The standard InChI is InChI=1S/C14H18O2/c1-10-3-6-14(13(9-10)11(2)15)16-8-7-12-4-5-12/h3,6,9,12H,4-5,7-8H2,1-2H3. The Morgan fingerprint density at radius 1 is 1.44 bits per heavy atom. The van der Waals surface area contributed by atoms with Crippen LogP contribution in [0.3, 0.4) is 0 Å². The third-order valence-corrected chi connectivity index (χ3v) is 2.99. The van der Waals surface area contributed by atoms with Crippen molar-refractivity contribution in [2.45, 2.75) is 33.1 Å². The van der Waals surface area contributed by atoms with Crippen LogP contribution in [-0.2, 0) is 0 Å². The van der Waals surface area contributed by atoms with Crippen LogP contribution < -0.4 is 4.74 Å². The minimum absolute atomic E-state index is 0.0742. The summed E-state index contributed by atoms with van der Waals surface area (Å²) in [5.74, 6) is 1.68. The van der Waals surface area contributed by atoms with Crippen LogP contribution in [0.15, 0.2) is 18.2 Å². The lowest BCUT2D eigenvalue weighted by Gasteiger charge is -2.10. The first-order valence-corrected chi connectivity index (χ1v) is 5.91. The van der Waals surface area contributed by atoms with Crippen LogP contribution in [-0.4, -0.2) is 12.4 Å². The van der Waals surface area contributed by atoms with Crippen molar-refractivity contribution >= 4 is 5.78 Å². The van der Waals surface area contributed by atoms with Crippen LogP contribution >= 0.6 is 0 Å². The van der Waals surface area contributed by atoms with E-state index in [0.717, 1.165) is 30.3 Å². The Balaban J connectivity index is 2.02. The Morgan fingerprint density at radius 3 is 2.81 bits per heavy atom. The number of ketones is 1. The van der Waals surface area contributed by atoms with Crippen LogP contribution in [0, 0.1) is 12.8 Å². The zero-order chi connectivity index (χ0) is 11.5. The van der Waals surface area contributed by atoms with Crippen molar-refractivity contribution in [2.75, 3.05) is 6.61 Å². The third kappa shape index (κ3) is 2.84. The van der Waals surface area contributed by atoms with Crippen molar-refractivity contribution in [3.05, 3.63) is 29.3 Å². The molecule has 1 aromatic carbocycles. The second kappa shape index (κ2) is 4.69. The van der Waals surface area contributed by atoms with E-state index in [4.69, 9.17) is 4.74 Å². The second-order valence-corrected chi connectivity index (χ2v) is 4.64. The molecule has 86 valence electrons. The highest BCUT2D eigenvalue weighted by Crippen LogP contribution is 2.32. The number of carbonyl (C=O) groups is 1. The zero-order valence-corrected chi connectivity index (χ0v) is 9.95. The molecule has 1 aliphatic rings. The summed E-state index contributed by atoms with van der Waals surface area (Å²) in [6.45, 7) is 4.30. The Morgan fingerprint density at radius 2 is 2.19 bits per heavy atom. The summed E-state index contributed by atoms with van der Waals surface area (Å²) in [6, 6.07) is 5.78. The number of ether oxygens (including phenoxy) is 1. The third-order valence-electron chi connectivity index (χ3n) is 2.99. The van der Waals surface area contributed by atoms with E-state index >= 15 is 0 Å². The highest BCUT2D eigenvalue weighted by Gasteiger charge is 2.21. The van der Waals surface area contributed by atoms with Gasteiger partial charge in [-0.05, 0) is 38.3 Å². The number of aryl methyl sites for hydroxylation is 1. The van der Waals surface area contributed by atoms with Gasteiger partial charge in [-0.15, -0.1) is 0 Å². The van der Waals surface area contributed by atoms with E-state index in [-0.39, 0.29) is 5.78 Å². The number of rotatable bonds is 5. The topological polar surface area (TPSA) is 26.3 Å². The molecule has 1 aliphatic carbocycles. The van der Waals surface area contributed by atoms with Crippen LogP contribution in [0.1, 0.15) is 42.1 Å². The molecule has 16 heavy (non-hydrogen) atoms. The van der Waals surface area contributed by atoms with E-state index in [0.29, 0.717) is 5.56 Å². The van der Waals surface area contributed by atoms with Gasteiger partial charge in [0.1, 0.15) is 5.75 Å². The molecule has 2 heteroatoms. The first-order chi connectivity index (χ1) is 7.66. The van der Waals surface area contributed by atoms with Gasteiger partial charge in [0.05, 0.1) is 12.2 Å². The Hall–Kier alpha value is -1.31. The minimum atomic E-state index is 0.0742. The maximum Gasteiger partial charge on any atom is 0.163 e. The van der Waals surface area contributed by atoms with Gasteiger partial charge in [-0.3, -0.25) is 4.79 Å². The molecule has 0 bridgehead atoms.